The van der Waals surface area contributed by atoms with Crippen LogP contribution in [0.3, 0.4) is 0 Å². The SMILES string of the molecule is N#Cc1cc(OC(F)(F)F)cc(-c2noc(-c3ccc(Cl)cn3)n2)c1. The third-order valence-corrected chi connectivity index (χ3v) is 3.12. The van der Waals surface area contributed by atoms with Crippen LogP contribution in [0.15, 0.2) is 41.1 Å². The predicted octanol–water partition coefficient (Wildman–Crippen LogP) is 4.22. The van der Waals surface area contributed by atoms with Crippen LogP contribution >= 0.6 is 11.6 Å². The van der Waals surface area contributed by atoms with Gasteiger partial charge in [-0.2, -0.15) is 10.2 Å². The van der Waals surface area contributed by atoms with Gasteiger partial charge >= 0.3 is 6.36 Å². The maximum Gasteiger partial charge on any atom is 0.573 e. The van der Waals surface area contributed by atoms with Crippen molar-refractivity contribution < 1.29 is 22.4 Å². The molecule has 0 aliphatic carbocycles. The lowest BCUT2D eigenvalue weighted by atomic mass is 10.1. The first-order chi connectivity index (χ1) is 11.8. The van der Waals surface area contributed by atoms with E-state index in [-0.39, 0.29) is 22.8 Å². The molecule has 0 spiro atoms. The van der Waals surface area contributed by atoms with Crippen LogP contribution < -0.4 is 4.74 Å². The lowest BCUT2D eigenvalue weighted by molar-refractivity contribution is -0.274. The molecule has 0 aliphatic heterocycles. The Balaban J connectivity index is 1.98. The molecule has 0 bridgehead atoms. The van der Waals surface area contributed by atoms with E-state index in [0.29, 0.717) is 10.7 Å². The summed E-state index contributed by atoms with van der Waals surface area (Å²) in [6.45, 7) is 0. The van der Waals surface area contributed by atoms with E-state index in [4.69, 9.17) is 21.4 Å². The number of alkyl halides is 3. The molecule has 0 saturated heterocycles. The minimum atomic E-state index is -4.89. The van der Waals surface area contributed by atoms with Gasteiger partial charge in [0.05, 0.1) is 16.7 Å². The van der Waals surface area contributed by atoms with E-state index in [9.17, 15) is 13.2 Å². The normalized spacial score (nSPS) is 11.2. The Labute approximate surface area is 143 Å². The molecule has 126 valence electrons. The van der Waals surface area contributed by atoms with Crippen molar-refractivity contribution in [1.82, 2.24) is 15.1 Å². The molecule has 6 nitrogen and oxygen atoms in total. The third kappa shape index (κ3) is 4.05. The summed E-state index contributed by atoms with van der Waals surface area (Å²) in [6.07, 6.45) is -3.51. The summed E-state index contributed by atoms with van der Waals surface area (Å²) in [5.41, 5.74) is 0.418. The minimum Gasteiger partial charge on any atom is -0.406 e. The number of hydrogen-bond donors (Lipinski definition) is 0. The zero-order valence-electron chi connectivity index (χ0n) is 12.1. The molecule has 0 N–H and O–H groups in total. The summed E-state index contributed by atoms with van der Waals surface area (Å²) >= 11 is 5.74. The minimum absolute atomic E-state index is 0.0177. The van der Waals surface area contributed by atoms with Gasteiger partial charge < -0.3 is 9.26 Å². The van der Waals surface area contributed by atoms with Gasteiger partial charge in [0.25, 0.3) is 5.89 Å². The van der Waals surface area contributed by atoms with Crippen molar-refractivity contribution in [1.29, 1.82) is 5.26 Å². The average Bonchev–Trinajstić information content (AvgIpc) is 3.03. The summed E-state index contributed by atoms with van der Waals surface area (Å²) in [5.74, 6) is -0.527. The predicted molar refractivity (Wildman–Crippen MR) is 79.4 cm³/mol. The molecule has 0 amide bonds. The zero-order valence-corrected chi connectivity index (χ0v) is 12.8. The molecule has 25 heavy (non-hydrogen) atoms. The molecule has 0 unspecified atom stereocenters. The molecule has 0 radical (unpaired) electrons. The number of nitriles is 1. The van der Waals surface area contributed by atoms with Crippen molar-refractivity contribution in [2.75, 3.05) is 0 Å². The number of pyridine rings is 1. The van der Waals surface area contributed by atoms with Crippen LogP contribution in [0, 0.1) is 11.3 Å². The quantitative estimate of drug-likeness (QED) is 0.690. The Morgan fingerprint density at radius 1 is 1.20 bits per heavy atom. The molecule has 0 aliphatic rings. The number of benzene rings is 1. The maximum absolute atomic E-state index is 12.4. The van der Waals surface area contributed by atoms with Gasteiger partial charge in [0.2, 0.25) is 5.82 Å². The molecule has 2 heterocycles. The number of nitrogens with zero attached hydrogens (tertiary/aromatic N) is 4. The van der Waals surface area contributed by atoms with Crippen LogP contribution in [0.5, 0.6) is 5.75 Å². The molecule has 3 aromatic rings. The van der Waals surface area contributed by atoms with Gasteiger partial charge in [0.1, 0.15) is 11.4 Å². The Bertz CT molecular complexity index is 949. The van der Waals surface area contributed by atoms with Gasteiger partial charge in [-0.1, -0.05) is 16.8 Å². The average molecular weight is 367 g/mol. The van der Waals surface area contributed by atoms with Crippen LogP contribution in [0.2, 0.25) is 5.02 Å². The standard InChI is InChI=1S/C15H6ClF3N4O2/c16-10-1-2-12(21-7-10)14-22-13(23-25-14)9-3-8(6-20)4-11(5-9)24-15(17,18)19/h1-5,7H. The Kier molecular flexibility index (Phi) is 4.29. The van der Waals surface area contributed by atoms with Gasteiger partial charge in [0.15, 0.2) is 0 Å². The van der Waals surface area contributed by atoms with Gasteiger partial charge in [0, 0.05) is 11.8 Å². The Morgan fingerprint density at radius 2 is 2.00 bits per heavy atom. The summed E-state index contributed by atoms with van der Waals surface area (Å²) in [6, 6.07) is 8.18. The molecular formula is C15H6ClF3N4O2. The first-order valence-corrected chi connectivity index (χ1v) is 6.99. The summed E-state index contributed by atoms with van der Waals surface area (Å²) in [5, 5.41) is 13.1. The van der Waals surface area contributed by atoms with Crippen LogP contribution in [0.4, 0.5) is 13.2 Å². The van der Waals surface area contributed by atoms with Crippen LogP contribution in [-0.4, -0.2) is 21.5 Å². The number of hydrogen-bond acceptors (Lipinski definition) is 6. The van der Waals surface area contributed by atoms with E-state index in [1.807, 2.05) is 0 Å². The zero-order chi connectivity index (χ0) is 18.0. The fraction of sp³-hybridized carbons (Fsp3) is 0.0667. The molecule has 1 aromatic carbocycles. The highest BCUT2D eigenvalue weighted by atomic mass is 35.5. The monoisotopic (exact) mass is 366 g/mol. The lowest BCUT2D eigenvalue weighted by Crippen LogP contribution is -2.17. The first kappa shape index (κ1) is 16.7. The van der Waals surface area contributed by atoms with Gasteiger partial charge in [-0.15, -0.1) is 13.2 Å². The first-order valence-electron chi connectivity index (χ1n) is 6.61. The van der Waals surface area contributed by atoms with E-state index in [1.165, 1.54) is 12.3 Å². The van der Waals surface area contributed by atoms with E-state index in [0.717, 1.165) is 12.1 Å². The van der Waals surface area contributed by atoms with Crippen molar-refractivity contribution in [3.63, 3.8) is 0 Å². The maximum atomic E-state index is 12.4. The lowest BCUT2D eigenvalue weighted by Gasteiger charge is -2.09. The van der Waals surface area contributed by atoms with Crippen molar-refractivity contribution in [2.45, 2.75) is 6.36 Å². The summed E-state index contributed by atoms with van der Waals surface area (Å²) in [4.78, 5) is 8.07. The van der Waals surface area contributed by atoms with Crippen LogP contribution in [0.1, 0.15) is 5.56 Å². The fourth-order valence-corrected chi connectivity index (χ4v) is 2.04. The molecule has 3 rings (SSSR count). The van der Waals surface area contributed by atoms with Gasteiger partial charge in [-0.05, 0) is 30.3 Å². The number of halogens is 4. The smallest absolute Gasteiger partial charge is 0.406 e. The van der Waals surface area contributed by atoms with Crippen molar-refractivity contribution in [2.24, 2.45) is 0 Å². The van der Waals surface area contributed by atoms with E-state index in [1.54, 1.807) is 18.2 Å². The van der Waals surface area contributed by atoms with E-state index >= 15 is 0 Å². The second kappa shape index (κ2) is 6.41. The van der Waals surface area contributed by atoms with Crippen LogP contribution in [0.25, 0.3) is 23.0 Å². The van der Waals surface area contributed by atoms with Crippen molar-refractivity contribution in [3.8, 4) is 34.8 Å². The summed E-state index contributed by atoms with van der Waals surface area (Å²) < 4.78 is 46.1. The van der Waals surface area contributed by atoms with E-state index < -0.39 is 12.1 Å². The van der Waals surface area contributed by atoms with Crippen LogP contribution in [-0.2, 0) is 0 Å². The Hall–Kier alpha value is -3.12. The molecule has 0 fully saturated rings. The highest BCUT2D eigenvalue weighted by molar-refractivity contribution is 6.30. The Morgan fingerprint density at radius 3 is 2.64 bits per heavy atom. The topological polar surface area (TPSA) is 84.8 Å². The van der Waals surface area contributed by atoms with Crippen molar-refractivity contribution in [3.05, 3.63) is 47.1 Å². The van der Waals surface area contributed by atoms with E-state index in [2.05, 4.69) is 19.9 Å². The molecule has 0 atom stereocenters. The van der Waals surface area contributed by atoms with Crippen molar-refractivity contribution >= 4 is 11.6 Å². The van der Waals surface area contributed by atoms with Gasteiger partial charge in [-0.25, -0.2) is 4.98 Å². The highest BCUT2D eigenvalue weighted by Gasteiger charge is 2.31. The second-order valence-corrected chi connectivity index (χ2v) is 5.13. The molecule has 0 saturated carbocycles. The summed E-state index contributed by atoms with van der Waals surface area (Å²) in [7, 11) is 0. The highest BCUT2D eigenvalue weighted by Crippen LogP contribution is 2.29. The largest absolute Gasteiger partial charge is 0.573 e. The second-order valence-electron chi connectivity index (χ2n) is 4.69. The fourth-order valence-electron chi connectivity index (χ4n) is 1.93. The molecular weight excluding hydrogens is 361 g/mol. The molecule has 10 heteroatoms. The third-order valence-electron chi connectivity index (χ3n) is 2.90. The van der Waals surface area contributed by atoms with Gasteiger partial charge in [-0.3, -0.25) is 0 Å². The number of aromatic nitrogens is 3. The number of rotatable bonds is 3. The molecule has 2 aromatic heterocycles. The number of ether oxygens (including phenoxy) is 1.